The maximum absolute atomic E-state index is 12.6. The van der Waals surface area contributed by atoms with Gasteiger partial charge >= 0.3 is 0 Å². The van der Waals surface area contributed by atoms with Crippen LogP contribution in [0, 0.1) is 0 Å². The number of hydrogen-bond donors (Lipinski definition) is 0. The Hall–Kier alpha value is -2.66. The standard InChI is InChI=1S/C22H23ClN2O3/c23-19-15-17(16-20-22(19)28-14-4-13-27-20)7-8-21(26)25-11-9-24(10-12-25)18-5-2-1-3-6-18/h1-3,5-8,15-16H,4,9-14H2. The predicted octanol–water partition coefficient (Wildman–Crippen LogP) is 3.86. The number of carbonyl (C=O) groups excluding carboxylic acids is 1. The lowest BCUT2D eigenvalue weighted by atomic mass is 10.1. The summed E-state index contributed by atoms with van der Waals surface area (Å²) in [6.07, 6.45) is 4.21. The molecule has 0 atom stereocenters. The number of fused-ring (bicyclic) bond motifs is 1. The second kappa shape index (κ2) is 8.57. The Morgan fingerprint density at radius 2 is 1.75 bits per heavy atom. The van der Waals surface area contributed by atoms with Crippen LogP contribution in [0.2, 0.25) is 5.02 Å². The smallest absolute Gasteiger partial charge is 0.246 e. The number of anilines is 1. The Morgan fingerprint density at radius 3 is 2.54 bits per heavy atom. The molecule has 1 saturated heterocycles. The van der Waals surface area contributed by atoms with Crippen LogP contribution < -0.4 is 14.4 Å². The van der Waals surface area contributed by atoms with E-state index in [1.165, 1.54) is 5.69 Å². The summed E-state index contributed by atoms with van der Waals surface area (Å²) < 4.78 is 11.3. The average Bonchev–Trinajstić information content (AvgIpc) is 2.99. The Bertz CT molecular complexity index is 862. The normalized spacial score (nSPS) is 16.9. The summed E-state index contributed by atoms with van der Waals surface area (Å²) in [7, 11) is 0. The lowest BCUT2D eigenvalue weighted by Crippen LogP contribution is -2.48. The predicted molar refractivity (Wildman–Crippen MR) is 111 cm³/mol. The first-order valence-corrected chi connectivity index (χ1v) is 9.94. The van der Waals surface area contributed by atoms with E-state index in [1.807, 2.05) is 29.2 Å². The first-order valence-electron chi connectivity index (χ1n) is 9.57. The Kier molecular flexibility index (Phi) is 5.72. The number of ether oxygens (including phenoxy) is 2. The van der Waals surface area contributed by atoms with E-state index in [0.717, 1.165) is 25.1 Å². The summed E-state index contributed by atoms with van der Waals surface area (Å²) in [5.41, 5.74) is 2.03. The molecule has 0 aromatic heterocycles. The third kappa shape index (κ3) is 4.25. The van der Waals surface area contributed by atoms with Crippen LogP contribution in [0.1, 0.15) is 12.0 Å². The molecule has 6 heteroatoms. The molecule has 1 amide bonds. The minimum atomic E-state index is 0.0101. The largest absolute Gasteiger partial charge is 0.489 e. The van der Waals surface area contributed by atoms with Gasteiger partial charge in [0.05, 0.1) is 18.2 Å². The molecule has 4 rings (SSSR count). The summed E-state index contributed by atoms with van der Waals surface area (Å²) in [5, 5.41) is 0.503. The number of halogens is 1. The van der Waals surface area contributed by atoms with E-state index in [2.05, 4.69) is 17.0 Å². The molecule has 1 fully saturated rings. The zero-order valence-electron chi connectivity index (χ0n) is 15.6. The van der Waals surface area contributed by atoms with Gasteiger partial charge < -0.3 is 19.3 Å². The molecule has 146 valence electrons. The molecule has 0 aliphatic carbocycles. The molecule has 5 nitrogen and oxygen atoms in total. The number of benzene rings is 2. The summed E-state index contributed by atoms with van der Waals surface area (Å²) in [4.78, 5) is 16.8. The molecule has 2 aromatic carbocycles. The zero-order chi connectivity index (χ0) is 19.3. The van der Waals surface area contributed by atoms with E-state index in [0.29, 0.717) is 42.8 Å². The Balaban J connectivity index is 1.38. The second-order valence-electron chi connectivity index (χ2n) is 6.86. The molecule has 0 N–H and O–H groups in total. The minimum absolute atomic E-state index is 0.0101. The Labute approximate surface area is 170 Å². The van der Waals surface area contributed by atoms with Gasteiger partial charge in [-0.3, -0.25) is 4.79 Å². The van der Waals surface area contributed by atoms with E-state index in [-0.39, 0.29) is 5.91 Å². The van der Waals surface area contributed by atoms with E-state index in [1.54, 1.807) is 18.2 Å². The van der Waals surface area contributed by atoms with Crippen molar-refractivity contribution in [2.45, 2.75) is 6.42 Å². The highest BCUT2D eigenvalue weighted by Gasteiger charge is 2.20. The third-order valence-corrected chi connectivity index (χ3v) is 5.24. The maximum Gasteiger partial charge on any atom is 0.246 e. The second-order valence-corrected chi connectivity index (χ2v) is 7.27. The molecule has 2 aliphatic heterocycles. The lowest BCUT2D eigenvalue weighted by Gasteiger charge is -2.35. The molecular formula is C22H23ClN2O3. The van der Waals surface area contributed by atoms with Crippen LogP contribution in [0.25, 0.3) is 6.08 Å². The van der Waals surface area contributed by atoms with E-state index < -0.39 is 0 Å². The molecule has 28 heavy (non-hydrogen) atoms. The minimum Gasteiger partial charge on any atom is -0.489 e. The fourth-order valence-corrected chi connectivity index (χ4v) is 3.72. The number of carbonyl (C=O) groups is 1. The van der Waals surface area contributed by atoms with Crippen molar-refractivity contribution in [3.05, 3.63) is 59.1 Å². The van der Waals surface area contributed by atoms with Gasteiger partial charge in [-0.2, -0.15) is 0 Å². The van der Waals surface area contributed by atoms with Crippen LogP contribution in [0.4, 0.5) is 5.69 Å². The summed E-state index contributed by atoms with van der Waals surface area (Å²) in [5.74, 6) is 1.23. The van der Waals surface area contributed by atoms with Crippen LogP contribution in [0.3, 0.4) is 0 Å². The molecule has 2 aliphatic rings. The first kappa shape index (κ1) is 18.7. The maximum atomic E-state index is 12.6. The van der Waals surface area contributed by atoms with Crippen molar-refractivity contribution >= 4 is 29.3 Å². The summed E-state index contributed by atoms with van der Waals surface area (Å²) >= 11 is 6.32. The van der Waals surface area contributed by atoms with Crippen molar-refractivity contribution in [2.24, 2.45) is 0 Å². The van der Waals surface area contributed by atoms with Crippen LogP contribution >= 0.6 is 11.6 Å². The van der Waals surface area contributed by atoms with Crippen molar-refractivity contribution in [3.8, 4) is 11.5 Å². The van der Waals surface area contributed by atoms with Crippen molar-refractivity contribution in [2.75, 3.05) is 44.3 Å². The van der Waals surface area contributed by atoms with Gasteiger partial charge in [0.25, 0.3) is 0 Å². The van der Waals surface area contributed by atoms with E-state index in [4.69, 9.17) is 21.1 Å². The molecule has 0 bridgehead atoms. The number of piperazine rings is 1. The number of nitrogens with zero attached hydrogens (tertiary/aromatic N) is 2. The fourth-order valence-electron chi connectivity index (χ4n) is 3.44. The monoisotopic (exact) mass is 398 g/mol. The van der Waals surface area contributed by atoms with Crippen molar-refractivity contribution in [1.82, 2.24) is 4.90 Å². The number of para-hydroxylation sites is 1. The van der Waals surface area contributed by atoms with Crippen LogP contribution in [-0.4, -0.2) is 50.2 Å². The number of hydrogen-bond acceptors (Lipinski definition) is 4. The molecule has 0 radical (unpaired) electrons. The van der Waals surface area contributed by atoms with Crippen molar-refractivity contribution < 1.29 is 14.3 Å². The summed E-state index contributed by atoms with van der Waals surface area (Å²) in [6.45, 7) is 4.27. The van der Waals surface area contributed by atoms with Crippen molar-refractivity contribution in [3.63, 3.8) is 0 Å². The van der Waals surface area contributed by atoms with Gasteiger partial charge in [-0.1, -0.05) is 29.8 Å². The zero-order valence-corrected chi connectivity index (χ0v) is 16.4. The van der Waals surface area contributed by atoms with Gasteiger partial charge in [0.2, 0.25) is 5.91 Å². The third-order valence-electron chi connectivity index (χ3n) is 4.96. The highest BCUT2D eigenvalue weighted by molar-refractivity contribution is 6.32. The van der Waals surface area contributed by atoms with Gasteiger partial charge in [-0.15, -0.1) is 0 Å². The summed E-state index contributed by atoms with van der Waals surface area (Å²) in [6, 6.07) is 14.0. The molecule has 0 spiro atoms. The molecule has 2 aromatic rings. The highest BCUT2D eigenvalue weighted by Crippen LogP contribution is 2.38. The van der Waals surface area contributed by atoms with E-state index in [9.17, 15) is 4.79 Å². The van der Waals surface area contributed by atoms with E-state index >= 15 is 0 Å². The quantitative estimate of drug-likeness (QED) is 0.736. The first-order chi connectivity index (χ1) is 13.7. The molecule has 0 saturated carbocycles. The van der Waals surface area contributed by atoms with Gasteiger partial charge in [0.15, 0.2) is 11.5 Å². The molecule has 2 heterocycles. The molecular weight excluding hydrogens is 376 g/mol. The SMILES string of the molecule is O=C(C=Cc1cc(Cl)c2c(c1)OCCCO2)N1CCN(c2ccccc2)CC1. The van der Waals surface area contributed by atoms with Crippen LogP contribution in [0.15, 0.2) is 48.5 Å². The Morgan fingerprint density at radius 1 is 1.00 bits per heavy atom. The van der Waals surface area contributed by atoms with Gasteiger partial charge in [0, 0.05) is 44.4 Å². The van der Waals surface area contributed by atoms with Gasteiger partial charge in [-0.25, -0.2) is 0 Å². The van der Waals surface area contributed by atoms with Crippen molar-refractivity contribution in [1.29, 1.82) is 0 Å². The fraction of sp³-hybridized carbons (Fsp3) is 0.318. The van der Waals surface area contributed by atoms with Gasteiger partial charge in [0.1, 0.15) is 0 Å². The lowest BCUT2D eigenvalue weighted by molar-refractivity contribution is -0.126. The highest BCUT2D eigenvalue weighted by atomic mass is 35.5. The number of rotatable bonds is 3. The topological polar surface area (TPSA) is 42.0 Å². The average molecular weight is 399 g/mol. The molecule has 0 unspecified atom stereocenters. The van der Waals surface area contributed by atoms with Crippen LogP contribution in [0.5, 0.6) is 11.5 Å². The number of amides is 1. The van der Waals surface area contributed by atoms with Gasteiger partial charge in [-0.05, 0) is 35.9 Å². The van der Waals surface area contributed by atoms with Crippen LogP contribution in [-0.2, 0) is 4.79 Å².